The summed E-state index contributed by atoms with van der Waals surface area (Å²) in [6.07, 6.45) is 1.42. The molecule has 3 rings (SSSR count). The third kappa shape index (κ3) is 7.30. The van der Waals surface area contributed by atoms with E-state index >= 15 is 0 Å². The Morgan fingerprint density at radius 3 is 2.13 bits per heavy atom. The topological polar surface area (TPSA) is 64.6 Å². The maximum atomic E-state index is 12.5. The van der Waals surface area contributed by atoms with Crippen molar-refractivity contribution in [3.8, 4) is 5.75 Å². The summed E-state index contributed by atoms with van der Waals surface area (Å²) in [5.41, 5.74) is 3.13. The van der Waals surface area contributed by atoms with Crippen molar-refractivity contribution < 1.29 is 19.1 Å². The smallest absolute Gasteiger partial charge is 0.306 e. The van der Waals surface area contributed by atoms with Crippen molar-refractivity contribution in [2.45, 2.75) is 25.3 Å². The fourth-order valence-corrected chi connectivity index (χ4v) is 3.28. The van der Waals surface area contributed by atoms with Gasteiger partial charge < -0.3 is 14.8 Å². The number of carbonyl (C=O) groups is 2. The van der Waals surface area contributed by atoms with Crippen molar-refractivity contribution in [1.29, 1.82) is 0 Å². The maximum absolute atomic E-state index is 12.5. The Bertz CT molecular complexity index is 956. The lowest BCUT2D eigenvalue weighted by Gasteiger charge is -2.19. The molecule has 0 aliphatic heterocycles. The molecule has 31 heavy (non-hydrogen) atoms. The Hall–Kier alpha value is -3.60. The minimum atomic E-state index is -0.398. The molecule has 0 aliphatic rings. The Labute approximate surface area is 183 Å². The number of carbonyl (C=O) groups excluding carboxylic acids is 2. The van der Waals surface area contributed by atoms with Gasteiger partial charge in [-0.25, -0.2) is 0 Å². The number of rotatable bonds is 10. The largest absolute Gasteiger partial charge is 0.497 e. The molecule has 0 heterocycles. The van der Waals surface area contributed by atoms with Crippen LogP contribution in [0, 0.1) is 0 Å². The fourth-order valence-electron chi connectivity index (χ4n) is 3.28. The normalized spacial score (nSPS) is 11.4. The minimum Gasteiger partial charge on any atom is -0.497 e. The van der Waals surface area contributed by atoms with E-state index in [1.54, 1.807) is 7.11 Å². The molecule has 0 radical (unpaired) electrons. The standard InChI is InChI=1S/C26H27NO4/c1-30-23-15-12-20(13-16-23)14-17-26(29)31-19-25(28)27-24(22-10-6-3-7-11-22)18-21-8-4-2-5-9-21/h2-13,15-16,24H,14,17-19H2,1H3,(H,27,28)/t24-/m1/s1. The van der Waals surface area contributed by atoms with Crippen LogP contribution in [0.2, 0.25) is 0 Å². The molecular formula is C26H27NO4. The Morgan fingerprint density at radius 1 is 0.839 bits per heavy atom. The first-order valence-electron chi connectivity index (χ1n) is 10.3. The van der Waals surface area contributed by atoms with Gasteiger partial charge in [-0.15, -0.1) is 0 Å². The zero-order valence-corrected chi connectivity index (χ0v) is 17.6. The molecule has 0 aliphatic carbocycles. The average molecular weight is 418 g/mol. The minimum absolute atomic E-state index is 0.200. The second-order valence-corrected chi connectivity index (χ2v) is 7.23. The molecule has 0 fully saturated rings. The van der Waals surface area contributed by atoms with Gasteiger partial charge in [0.15, 0.2) is 6.61 Å². The van der Waals surface area contributed by atoms with E-state index < -0.39 is 5.97 Å². The van der Waals surface area contributed by atoms with E-state index in [9.17, 15) is 9.59 Å². The summed E-state index contributed by atoms with van der Waals surface area (Å²) in [6, 6.07) is 27.1. The molecule has 0 unspecified atom stereocenters. The number of nitrogens with one attached hydrogen (secondary N) is 1. The molecule has 0 spiro atoms. The second kappa shape index (κ2) is 11.6. The van der Waals surface area contributed by atoms with Crippen LogP contribution in [0.3, 0.4) is 0 Å². The number of benzene rings is 3. The van der Waals surface area contributed by atoms with Crippen molar-refractivity contribution in [3.05, 3.63) is 102 Å². The molecule has 160 valence electrons. The molecule has 3 aromatic carbocycles. The third-order valence-corrected chi connectivity index (χ3v) is 4.96. The van der Waals surface area contributed by atoms with Crippen LogP contribution in [0.25, 0.3) is 0 Å². The summed E-state index contributed by atoms with van der Waals surface area (Å²) in [6.45, 7) is -0.292. The summed E-state index contributed by atoms with van der Waals surface area (Å²) in [5.74, 6) is 0.0549. The van der Waals surface area contributed by atoms with Crippen molar-refractivity contribution in [1.82, 2.24) is 5.32 Å². The van der Waals surface area contributed by atoms with E-state index in [0.29, 0.717) is 12.8 Å². The molecule has 3 aromatic rings. The van der Waals surface area contributed by atoms with Crippen molar-refractivity contribution >= 4 is 11.9 Å². The highest BCUT2D eigenvalue weighted by molar-refractivity contribution is 5.81. The maximum Gasteiger partial charge on any atom is 0.306 e. The van der Waals surface area contributed by atoms with Crippen molar-refractivity contribution in [2.24, 2.45) is 0 Å². The zero-order valence-electron chi connectivity index (χ0n) is 17.6. The van der Waals surface area contributed by atoms with Crippen LogP contribution in [0.5, 0.6) is 5.75 Å². The van der Waals surface area contributed by atoms with Crippen LogP contribution in [0.1, 0.15) is 29.2 Å². The van der Waals surface area contributed by atoms with E-state index in [1.807, 2.05) is 84.9 Å². The van der Waals surface area contributed by atoms with Gasteiger partial charge in [0.05, 0.1) is 13.2 Å². The molecule has 0 saturated carbocycles. The highest BCUT2D eigenvalue weighted by Gasteiger charge is 2.16. The SMILES string of the molecule is COc1ccc(CCC(=O)OCC(=O)N[C@H](Cc2ccccc2)c2ccccc2)cc1. The summed E-state index contributed by atoms with van der Waals surface area (Å²) < 4.78 is 10.3. The number of hydrogen-bond acceptors (Lipinski definition) is 4. The van der Waals surface area contributed by atoms with E-state index in [1.165, 1.54) is 0 Å². The molecule has 0 aromatic heterocycles. The predicted molar refractivity (Wildman–Crippen MR) is 120 cm³/mol. The van der Waals surface area contributed by atoms with Crippen molar-refractivity contribution in [2.75, 3.05) is 13.7 Å². The van der Waals surface area contributed by atoms with Crippen LogP contribution in [0.4, 0.5) is 0 Å². The van der Waals surface area contributed by atoms with Gasteiger partial charge in [0.25, 0.3) is 5.91 Å². The van der Waals surface area contributed by atoms with E-state index in [0.717, 1.165) is 22.4 Å². The van der Waals surface area contributed by atoms with Crippen LogP contribution in [0.15, 0.2) is 84.9 Å². The number of amides is 1. The van der Waals surface area contributed by atoms with Gasteiger partial charge in [-0.3, -0.25) is 9.59 Å². The van der Waals surface area contributed by atoms with E-state index in [-0.39, 0.29) is 25.0 Å². The monoisotopic (exact) mass is 417 g/mol. The third-order valence-electron chi connectivity index (χ3n) is 4.96. The van der Waals surface area contributed by atoms with Crippen LogP contribution in [-0.2, 0) is 27.2 Å². The lowest BCUT2D eigenvalue weighted by Crippen LogP contribution is -2.33. The van der Waals surface area contributed by atoms with Crippen LogP contribution >= 0.6 is 0 Å². The Morgan fingerprint density at radius 2 is 1.48 bits per heavy atom. The number of ether oxygens (including phenoxy) is 2. The second-order valence-electron chi connectivity index (χ2n) is 7.23. The fraction of sp³-hybridized carbons (Fsp3) is 0.231. The predicted octanol–water partition coefficient (Wildman–Crippen LogP) is 4.27. The van der Waals surface area contributed by atoms with Gasteiger partial charge in [0.1, 0.15) is 5.75 Å². The first-order chi connectivity index (χ1) is 15.1. The molecule has 0 saturated heterocycles. The average Bonchev–Trinajstić information content (AvgIpc) is 2.82. The number of methoxy groups -OCH3 is 1. The van der Waals surface area contributed by atoms with Gasteiger partial charge in [0, 0.05) is 6.42 Å². The summed E-state index contributed by atoms with van der Waals surface area (Å²) in [5, 5.41) is 2.99. The molecule has 0 bridgehead atoms. The van der Waals surface area contributed by atoms with Crippen LogP contribution < -0.4 is 10.1 Å². The molecular weight excluding hydrogens is 390 g/mol. The molecule has 1 N–H and O–H groups in total. The molecule has 5 heteroatoms. The first kappa shape index (κ1) is 22.1. The quantitative estimate of drug-likeness (QED) is 0.501. The summed E-state index contributed by atoms with van der Waals surface area (Å²) in [4.78, 5) is 24.5. The molecule has 1 amide bonds. The lowest BCUT2D eigenvalue weighted by molar-refractivity contribution is -0.148. The van der Waals surface area contributed by atoms with E-state index in [2.05, 4.69) is 5.32 Å². The Kier molecular flexibility index (Phi) is 8.23. The zero-order chi connectivity index (χ0) is 21.9. The first-order valence-corrected chi connectivity index (χ1v) is 10.3. The van der Waals surface area contributed by atoms with Crippen LogP contribution in [-0.4, -0.2) is 25.6 Å². The van der Waals surface area contributed by atoms with Gasteiger partial charge in [0.2, 0.25) is 0 Å². The molecule has 5 nitrogen and oxygen atoms in total. The highest BCUT2D eigenvalue weighted by atomic mass is 16.5. The number of hydrogen-bond donors (Lipinski definition) is 1. The van der Waals surface area contributed by atoms with Gasteiger partial charge in [-0.1, -0.05) is 72.8 Å². The summed E-state index contributed by atoms with van der Waals surface area (Å²) in [7, 11) is 1.61. The highest BCUT2D eigenvalue weighted by Crippen LogP contribution is 2.18. The molecule has 1 atom stereocenters. The van der Waals surface area contributed by atoms with E-state index in [4.69, 9.17) is 9.47 Å². The number of esters is 1. The summed E-state index contributed by atoms with van der Waals surface area (Å²) >= 11 is 0. The van der Waals surface area contributed by atoms with Gasteiger partial charge in [-0.05, 0) is 41.7 Å². The Balaban J connectivity index is 1.49. The van der Waals surface area contributed by atoms with Gasteiger partial charge in [-0.2, -0.15) is 0 Å². The van der Waals surface area contributed by atoms with Crippen molar-refractivity contribution in [3.63, 3.8) is 0 Å². The van der Waals surface area contributed by atoms with Gasteiger partial charge >= 0.3 is 5.97 Å². The lowest BCUT2D eigenvalue weighted by atomic mass is 9.99. The number of aryl methyl sites for hydroxylation is 1.